The van der Waals surface area contributed by atoms with Gasteiger partial charge in [-0.2, -0.15) is 0 Å². The van der Waals surface area contributed by atoms with Crippen LogP contribution >= 0.6 is 0 Å². The van der Waals surface area contributed by atoms with Gasteiger partial charge in [-0.1, -0.05) is 183 Å². The summed E-state index contributed by atoms with van der Waals surface area (Å²) in [6.07, 6.45) is 31.3. The lowest BCUT2D eigenvalue weighted by Gasteiger charge is -2.43. The van der Waals surface area contributed by atoms with Crippen LogP contribution < -0.4 is 0 Å². The fraction of sp³-hybridized carbons (Fsp3) is 0.971. The first-order chi connectivity index (χ1) is 17.8. The molecular weight excluding hydrogens is 452 g/mol. The van der Waals surface area contributed by atoms with Gasteiger partial charge in [-0.3, -0.25) is 4.79 Å². The summed E-state index contributed by atoms with van der Waals surface area (Å²) >= 11 is 0. The van der Waals surface area contributed by atoms with Gasteiger partial charge in [-0.05, 0) is 30.6 Å². The highest BCUT2D eigenvalue weighted by molar-refractivity contribution is 5.75. The summed E-state index contributed by atoms with van der Waals surface area (Å²) in [7, 11) is 0. The minimum atomic E-state index is -0.563. The molecule has 1 N–H and O–H groups in total. The maximum Gasteiger partial charge on any atom is 0.310 e. The summed E-state index contributed by atoms with van der Waals surface area (Å²) in [4.78, 5) is 12.8. The Hall–Kier alpha value is -0.530. The van der Waals surface area contributed by atoms with E-state index in [-0.39, 0.29) is 11.8 Å². The van der Waals surface area contributed by atoms with Gasteiger partial charge >= 0.3 is 5.97 Å². The molecule has 2 unspecified atom stereocenters. The van der Waals surface area contributed by atoms with Crippen LogP contribution in [0, 0.1) is 23.2 Å². The minimum absolute atomic E-state index is 0.188. The van der Waals surface area contributed by atoms with Crippen LogP contribution in [-0.4, -0.2) is 11.1 Å². The van der Waals surface area contributed by atoms with Crippen molar-refractivity contribution in [1.29, 1.82) is 0 Å². The molecule has 0 heterocycles. The van der Waals surface area contributed by atoms with Gasteiger partial charge in [0.1, 0.15) is 0 Å². The largest absolute Gasteiger partial charge is 0.481 e. The highest BCUT2D eigenvalue weighted by Crippen LogP contribution is 2.47. The molecule has 0 spiro atoms. The number of rotatable bonds is 28. The summed E-state index contributed by atoms with van der Waals surface area (Å²) in [6.45, 7) is 13.4. The number of carboxylic acid groups (broad SMARTS) is 1. The highest BCUT2D eigenvalue weighted by Gasteiger charge is 2.48. The normalized spacial score (nSPS) is 14.4. The van der Waals surface area contributed by atoms with E-state index >= 15 is 0 Å². The molecule has 2 nitrogen and oxygen atoms in total. The van der Waals surface area contributed by atoms with Crippen LogP contribution in [0.1, 0.15) is 196 Å². The number of unbranched alkanes of at least 4 members (excludes halogenated alkanes) is 20. The molecule has 2 atom stereocenters. The van der Waals surface area contributed by atoms with Crippen LogP contribution in [-0.2, 0) is 4.79 Å². The van der Waals surface area contributed by atoms with Crippen molar-refractivity contribution in [2.75, 3.05) is 0 Å². The van der Waals surface area contributed by atoms with Crippen molar-refractivity contribution in [2.45, 2.75) is 196 Å². The second-order valence-electron chi connectivity index (χ2n) is 13.0. The van der Waals surface area contributed by atoms with Crippen molar-refractivity contribution in [3.63, 3.8) is 0 Å². The first-order valence-corrected chi connectivity index (χ1v) is 17.1. The zero-order chi connectivity index (χ0) is 27.8. The Morgan fingerprint density at radius 2 is 0.865 bits per heavy atom. The lowest BCUT2D eigenvalue weighted by molar-refractivity contribution is -0.159. The zero-order valence-electron chi connectivity index (χ0n) is 26.6. The van der Waals surface area contributed by atoms with Crippen molar-refractivity contribution in [3.8, 4) is 0 Å². The van der Waals surface area contributed by atoms with Crippen LogP contribution in [0.3, 0.4) is 0 Å². The molecule has 0 saturated heterocycles. The highest BCUT2D eigenvalue weighted by atomic mass is 16.4. The number of aliphatic carboxylic acids is 1. The van der Waals surface area contributed by atoms with Crippen molar-refractivity contribution in [1.82, 2.24) is 0 Å². The van der Waals surface area contributed by atoms with Crippen molar-refractivity contribution < 1.29 is 9.90 Å². The third-order valence-corrected chi connectivity index (χ3v) is 9.21. The van der Waals surface area contributed by atoms with E-state index in [0.29, 0.717) is 5.92 Å². The predicted octanol–water partition coefficient (Wildman–Crippen LogP) is 12.4. The van der Waals surface area contributed by atoms with Crippen molar-refractivity contribution >= 4 is 5.97 Å². The van der Waals surface area contributed by atoms with E-state index < -0.39 is 11.4 Å². The number of carboxylic acids is 1. The molecule has 0 aromatic carbocycles. The molecule has 0 rings (SSSR count). The third kappa shape index (κ3) is 16.9. The average Bonchev–Trinajstić information content (AvgIpc) is 2.85. The van der Waals surface area contributed by atoms with Crippen LogP contribution in [0.15, 0.2) is 0 Å². The minimum Gasteiger partial charge on any atom is -0.481 e. The number of carbonyl (C=O) groups is 1. The Morgan fingerprint density at radius 1 is 0.541 bits per heavy atom. The molecule has 0 saturated carbocycles. The van der Waals surface area contributed by atoms with E-state index in [1.54, 1.807) is 0 Å². The van der Waals surface area contributed by atoms with E-state index in [0.717, 1.165) is 19.3 Å². The number of hydrogen-bond acceptors (Lipinski definition) is 1. The van der Waals surface area contributed by atoms with Crippen LogP contribution in [0.5, 0.6) is 0 Å². The lowest BCUT2D eigenvalue weighted by atomic mass is 9.60. The summed E-state index contributed by atoms with van der Waals surface area (Å²) < 4.78 is 0. The van der Waals surface area contributed by atoms with E-state index in [1.165, 1.54) is 135 Å². The molecule has 0 aliphatic heterocycles. The average molecular weight is 523 g/mol. The fourth-order valence-electron chi connectivity index (χ4n) is 6.71. The van der Waals surface area contributed by atoms with Gasteiger partial charge in [0.15, 0.2) is 0 Å². The van der Waals surface area contributed by atoms with Gasteiger partial charge in [0.05, 0.1) is 5.41 Å². The van der Waals surface area contributed by atoms with E-state index in [9.17, 15) is 9.90 Å². The first-order valence-electron chi connectivity index (χ1n) is 17.1. The van der Waals surface area contributed by atoms with Crippen molar-refractivity contribution in [3.05, 3.63) is 0 Å². The van der Waals surface area contributed by atoms with Crippen LogP contribution in [0.25, 0.3) is 0 Å². The van der Waals surface area contributed by atoms with E-state index in [1.807, 2.05) is 0 Å². The molecule has 0 fully saturated rings. The fourth-order valence-corrected chi connectivity index (χ4v) is 6.71. The molecule has 0 aliphatic carbocycles. The second kappa shape index (κ2) is 24.5. The summed E-state index contributed by atoms with van der Waals surface area (Å²) in [6, 6.07) is 0. The van der Waals surface area contributed by atoms with Crippen molar-refractivity contribution in [2.24, 2.45) is 23.2 Å². The van der Waals surface area contributed by atoms with Gasteiger partial charge in [0.2, 0.25) is 0 Å². The monoisotopic (exact) mass is 523 g/mol. The SMILES string of the molecule is CCCCCCCCCCCCCCCC(C(C)C)C(CCCCCCCCCCC)(C(=O)O)C(C)C. The summed E-state index contributed by atoms with van der Waals surface area (Å²) in [5, 5.41) is 10.5. The van der Waals surface area contributed by atoms with Gasteiger partial charge in [0.25, 0.3) is 0 Å². The van der Waals surface area contributed by atoms with Gasteiger partial charge in [-0.25, -0.2) is 0 Å². The van der Waals surface area contributed by atoms with E-state index in [2.05, 4.69) is 41.5 Å². The van der Waals surface area contributed by atoms with Gasteiger partial charge in [-0.15, -0.1) is 0 Å². The smallest absolute Gasteiger partial charge is 0.310 e. The zero-order valence-corrected chi connectivity index (χ0v) is 26.6. The molecule has 2 heteroatoms. The maximum absolute atomic E-state index is 12.8. The molecule has 0 aromatic rings. The molecule has 37 heavy (non-hydrogen) atoms. The Morgan fingerprint density at radius 3 is 1.16 bits per heavy atom. The van der Waals surface area contributed by atoms with E-state index in [4.69, 9.17) is 0 Å². The Labute approximate surface area is 234 Å². The summed E-state index contributed by atoms with van der Waals surface area (Å²) in [5.74, 6) is 0.366. The number of hydrogen-bond donors (Lipinski definition) is 1. The first kappa shape index (κ1) is 36.5. The van der Waals surface area contributed by atoms with Crippen LogP contribution in [0.4, 0.5) is 0 Å². The molecule has 0 amide bonds. The quantitative estimate of drug-likeness (QED) is 0.104. The Kier molecular flexibility index (Phi) is 24.2. The van der Waals surface area contributed by atoms with Gasteiger partial charge in [0, 0.05) is 0 Å². The topological polar surface area (TPSA) is 37.3 Å². The van der Waals surface area contributed by atoms with Gasteiger partial charge < -0.3 is 5.11 Å². The Balaban J connectivity index is 4.40. The predicted molar refractivity (Wildman–Crippen MR) is 165 cm³/mol. The second-order valence-corrected chi connectivity index (χ2v) is 13.0. The molecule has 0 aliphatic rings. The molecule has 0 bridgehead atoms. The standard InChI is InChI=1S/C35H70O2/c1-7-9-11-13-15-17-18-19-20-21-23-25-27-29-33(31(3)4)35(32(5)6,34(36)37)30-28-26-24-22-16-14-12-10-8-2/h31-33H,7-30H2,1-6H3,(H,36,37). The molecule has 222 valence electrons. The molecule has 0 aromatic heterocycles. The lowest BCUT2D eigenvalue weighted by Crippen LogP contribution is -2.45. The molecular formula is C35H70O2. The summed E-state index contributed by atoms with van der Waals surface area (Å²) in [5.41, 5.74) is -0.563. The maximum atomic E-state index is 12.8. The Bertz CT molecular complexity index is 497. The van der Waals surface area contributed by atoms with Crippen LogP contribution in [0.2, 0.25) is 0 Å². The third-order valence-electron chi connectivity index (χ3n) is 9.21. The molecule has 0 radical (unpaired) electrons.